The summed E-state index contributed by atoms with van der Waals surface area (Å²) in [6.07, 6.45) is -0.689. The van der Waals surface area contributed by atoms with E-state index in [0.29, 0.717) is 5.56 Å². The zero-order valence-corrected chi connectivity index (χ0v) is 16.8. The van der Waals surface area contributed by atoms with Gasteiger partial charge in [0.2, 0.25) is 10.0 Å². The number of amides is 1. The maximum absolute atomic E-state index is 12.9. The number of nitriles is 1. The minimum Gasteiger partial charge on any atom is -0.480 e. The summed E-state index contributed by atoms with van der Waals surface area (Å²) in [7, 11) is -4.02. The Bertz CT molecular complexity index is 901. The Kier molecular flexibility index (Phi) is 6.31. The van der Waals surface area contributed by atoms with Crippen LogP contribution in [-0.4, -0.2) is 66.1 Å². The van der Waals surface area contributed by atoms with Gasteiger partial charge in [0.1, 0.15) is 11.6 Å². The molecule has 0 unspecified atom stereocenters. The van der Waals surface area contributed by atoms with Crippen molar-refractivity contribution in [2.75, 3.05) is 19.6 Å². The van der Waals surface area contributed by atoms with Gasteiger partial charge in [-0.25, -0.2) is 13.2 Å². The molecule has 0 spiro atoms. The largest absolute Gasteiger partial charge is 0.480 e. The van der Waals surface area contributed by atoms with Crippen LogP contribution in [0, 0.1) is 11.3 Å². The molecule has 0 radical (unpaired) electrons. The molecule has 1 aliphatic heterocycles. The van der Waals surface area contributed by atoms with Crippen molar-refractivity contribution in [3.8, 4) is 6.07 Å². The Balaban J connectivity index is 2.22. The van der Waals surface area contributed by atoms with Crippen molar-refractivity contribution in [2.45, 2.75) is 38.2 Å². The van der Waals surface area contributed by atoms with Gasteiger partial charge in [0.25, 0.3) is 0 Å². The number of carbonyl (C=O) groups excluding carboxylic acids is 1. The van der Waals surface area contributed by atoms with E-state index >= 15 is 0 Å². The summed E-state index contributed by atoms with van der Waals surface area (Å²) < 4.78 is 31.8. The lowest BCUT2D eigenvalue weighted by molar-refractivity contribution is -0.143. The van der Waals surface area contributed by atoms with Crippen molar-refractivity contribution >= 4 is 22.1 Å². The predicted octanol–water partition coefficient (Wildman–Crippen LogP) is 1.39. The van der Waals surface area contributed by atoms with Crippen LogP contribution in [0.5, 0.6) is 0 Å². The number of hydrogen-bond acceptors (Lipinski definition) is 6. The van der Waals surface area contributed by atoms with E-state index in [1.807, 2.05) is 6.07 Å². The number of benzene rings is 1. The molecule has 1 aromatic carbocycles. The highest BCUT2D eigenvalue weighted by atomic mass is 32.2. The number of piperazine rings is 1. The van der Waals surface area contributed by atoms with Gasteiger partial charge in [-0.05, 0) is 32.4 Å². The molecule has 1 aromatic rings. The Labute approximate surface area is 164 Å². The van der Waals surface area contributed by atoms with E-state index in [1.165, 1.54) is 17.0 Å². The van der Waals surface area contributed by atoms with E-state index in [9.17, 15) is 23.1 Å². The van der Waals surface area contributed by atoms with E-state index in [2.05, 4.69) is 0 Å². The maximum atomic E-state index is 12.9. The van der Waals surface area contributed by atoms with Crippen molar-refractivity contribution in [1.82, 2.24) is 9.21 Å². The quantitative estimate of drug-likeness (QED) is 0.796. The molecule has 9 nitrogen and oxygen atoms in total. The number of sulfonamides is 1. The van der Waals surface area contributed by atoms with Crippen LogP contribution in [0.4, 0.5) is 4.79 Å². The molecule has 1 saturated heterocycles. The number of carboxylic acid groups (broad SMARTS) is 1. The van der Waals surface area contributed by atoms with Gasteiger partial charge in [-0.2, -0.15) is 9.57 Å². The molecule has 1 N–H and O–H groups in total. The molecule has 0 aromatic heterocycles. The zero-order chi connectivity index (χ0) is 21.1. The average Bonchev–Trinajstić information content (AvgIpc) is 2.59. The van der Waals surface area contributed by atoms with Gasteiger partial charge in [-0.15, -0.1) is 0 Å². The highest BCUT2D eigenvalue weighted by molar-refractivity contribution is 7.88. The van der Waals surface area contributed by atoms with Crippen molar-refractivity contribution in [3.63, 3.8) is 0 Å². The minimum absolute atomic E-state index is 0.0117. The molecule has 0 bridgehead atoms. The Morgan fingerprint density at radius 3 is 2.50 bits per heavy atom. The van der Waals surface area contributed by atoms with Crippen molar-refractivity contribution < 1.29 is 27.9 Å². The van der Waals surface area contributed by atoms with Crippen LogP contribution in [0.25, 0.3) is 0 Å². The summed E-state index contributed by atoms with van der Waals surface area (Å²) in [6, 6.07) is 6.75. The lowest BCUT2D eigenvalue weighted by Gasteiger charge is -2.38. The van der Waals surface area contributed by atoms with E-state index in [-0.39, 0.29) is 25.2 Å². The molecular formula is C18H23N3O6S. The zero-order valence-electron chi connectivity index (χ0n) is 16.0. The molecule has 10 heteroatoms. The standard InChI is InChI=1S/C18H23N3O6S/c1-18(2,3)27-17(24)20-8-9-21(15(11-20)16(22)23)28(25,26)12-14-7-5-4-6-13(14)10-19/h4-7,15H,8-9,11-12H2,1-3H3,(H,22,23)/t15-/m1/s1. The van der Waals surface area contributed by atoms with Gasteiger partial charge in [0.05, 0.1) is 23.9 Å². The van der Waals surface area contributed by atoms with Crippen LogP contribution in [0.15, 0.2) is 24.3 Å². The van der Waals surface area contributed by atoms with Crippen LogP contribution in [0.3, 0.4) is 0 Å². The van der Waals surface area contributed by atoms with Gasteiger partial charge >= 0.3 is 12.1 Å². The summed E-state index contributed by atoms with van der Waals surface area (Å²) >= 11 is 0. The predicted molar refractivity (Wildman–Crippen MR) is 99.7 cm³/mol. The summed E-state index contributed by atoms with van der Waals surface area (Å²) in [5.41, 5.74) is -0.242. The first-order chi connectivity index (χ1) is 12.9. The van der Waals surface area contributed by atoms with Crippen LogP contribution in [-0.2, 0) is 25.3 Å². The van der Waals surface area contributed by atoms with Gasteiger partial charge in [-0.1, -0.05) is 18.2 Å². The molecule has 1 fully saturated rings. The molecule has 0 aliphatic carbocycles. The van der Waals surface area contributed by atoms with Crippen LogP contribution >= 0.6 is 0 Å². The molecule has 1 heterocycles. The average molecular weight is 409 g/mol. The van der Waals surface area contributed by atoms with E-state index in [4.69, 9.17) is 10.00 Å². The molecule has 152 valence electrons. The topological polar surface area (TPSA) is 128 Å². The Morgan fingerprint density at radius 1 is 1.29 bits per heavy atom. The van der Waals surface area contributed by atoms with Gasteiger partial charge < -0.3 is 14.7 Å². The molecular weight excluding hydrogens is 386 g/mol. The van der Waals surface area contributed by atoms with Gasteiger partial charge in [0.15, 0.2) is 0 Å². The second kappa shape index (κ2) is 8.16. The third-order valence-corrected chi connectivity index (χ3v) is 5.93. The third kappa shape index (κ3) is 5.21. The number of carbonyl (C=O) groups is 2. The van der Waals surface area contributed by atoms with Crippen molar-refractivity contribution in [2.24, 2.45) is 0 Å². The highest BCUT2D eigenvalue weighted by Crippen LogP contribution is 2.21. The number of nitrogens with zero attached hydrogens (tertiary/aromatic N) is 3. The molecule has 28 heavy (non-hydrogen) atoms. The number of hydrogen-bond donors (Lipinski definition) is 1. The number of aliphatic carboxylic acids is 1. The van der Waals surface area contributed by atoms with E-state index in [0.717, 1.165) is 4.31 Å². The second-order valence-electron chi connectivity index (χ2n) is 7.42. The summed E-state index contributed by atoms with van der Waals surface area (Å²) in [6.45, 7) is 4.58. The monoisotopic (exact) mass is 409 g/mol. The molecule has 0 saturated carbocycles. The highest BCUT2D eigenvalue weighted by Gasteiger charge is 2.41. The van der Waals surface area contributed by atoms with Crippen molar-refractivity contribution in [3.05, 3.63) is 35.4 Å². The van der Waals surface area contributed by atoms with Gasteiger partial charge in [0, 0.05) is 13.1 Å². The summed E-state index contributed by atoms with van der Waals surface area (Å²) in [5.74, 6) is -1.85. The van der Waals surface area contributed by atoms with E-state index in [1.54, 1.807) is 32.9 Å². The maximum Gasteiger partial charge on any atom is 0.410 e. The first-order valence-corrected chi connectivity index (χ1v) is 10.2. The first-order valence-electron chi connectivity index (χ1n) is 8.63. The lowest BCUT2D eigenvalue weighted by atomic mass is 10.1. The normalized spacial score (nSPS) is 18.4. The Hall–Kier alpha value is -2.64. The molecule has 1 atom stereocenters. The second-order valence-corrected chi connectivity index (χ2v) is 9.34. The minimum atomic E-state index is -4.02. The van der Waals surface area contributed by atoms with Crippen LogP contribution < -0.4 is 0 Å². The fourth-order valence-electron chi connectivity index (χ4n) is 2.83. The van der Waals surface area contributed by atoms with Crippen LogP contribution in [0.2, 0.25) is 0 Å². The number of rotatable bonds is 4. The molecule has 2 rings (SSSR count). The number of carboxylic acids is 1. The smallest absolute Gasteiger partial charge is 0.410 e. The summed E-state index contributed by atoms with van der Waals surface area (Å²) in [4.78, 5) is 25.1. The lowest BCUT2D eigenvalue weighted by Crippen LogP contribution is -2.59. The molecule has 1 amide bonds. The first kappa shape index (κ1) is 21.7. The fourth-order valence-corrected chi connectivity index (χ4v) is 4.54. The van der Waals surface area contributed by atoms with Gasteiger partial charge in [-0.3, -0.25) is 4.79 Å². The van der Waals surface area contributed by atoms with E-state index < -0.39 is 39.5 Å². The Morgan fingerprint density at radius 2 is 1.93 bits per heavy atom. The molecule has 1 aliphatic rings. The number of ether oxygens (including phenoxy) is 1. The van der Waals surface area contributed by atoms with Crippen molar-refractivity contribution in [1.29, 1.82) is 5.26 Å². The third-order valence-electron chi connectivity index (χ3n) is 4.10. The fraction of sp³-hybridized carbons (Fsp3) is 0.500. The summed E-state index contributed by atoms with van der Waals surface area (Å²) in [5, 5.41) is 18.7. The SMILES string of the molecule is CC(C)(C)OC(=O)N1CCN(S(=O)(=O)Cc2ccccc2C#N)[C@@H](C(=O)O)C1. The van der Waals surface area contributed by atoms with Crippen LogP contribution in [0.1, 0.15) is 31.9 Å².